The van der Waals surface area contributed by atoms with E-state index in [1.54, 1.807) is 0 Å². The van der Waals surface area contributed by atoms with Gasteiger partial charge in [0, 0.05) is 18.7 Å². The highest BCUT2D eigenvalue weighted by molar-refractivity contribution is 6.22. The average molecular weight is 438 g/mol. The predicted molar refractivity (Wildman–Crippen MR) is 98.8 cm³/mol. The van der Waals surface area contributed by atoms with E-state index in [1.807, 2.05) is 0 Å². The zero-order chi connectivity index (χ0) is 23.1. The monoisotopic (exact) mass is 438 g/mol. The summed E-state index contributed by atoms with van der Waals surface area (Å²) in [4.78, 5) is 79.4. The van der Waals surface area contributed by atoms with Crippen molar-refractivity contribution in [3.63, 3.8) is 0 Å². The Hall–Kier alpha value is -4.10. The molecule has 0 saturated carbocycles. The third-order valence-corrected chi connectivity index (χ3v) is 4.40. The molecule has 0 aromatic heterocycles. The molecule has 1 aromatic rings. The van der Waals surface area contributed by atoms with Gasteiger partial charge < -0.3 is 9.68 Å². The van der Waals surface area contributed by atoms with Crippen LogP contribution in [-0.4, -0.2) is 70.4 Å². The molecule has 14 nitrogen and oxygen atoms in total. The Labute approximate surface area is 174 Å². The van der Waals surface area contributed by atoms with Gasteiger partial charge in [-0.2, -0.15) is 0 Å². The van der Waals surface area contributed by atoms with Crippen LogP contribution < -0.4 is 0 Å². The number of aryl methyl sites for hydroxylation is 1. The molecule has 1 aliphatic rings. The second-order valence-electron chi connectivity index (χ2n) is 6.40. The van der Waals surface area contributed by atoms with Crippen LogP contribution >= 0.6 is 0 Å². The van der Waals surface area contributed by atoms with Gasteiger partial charge >= 0.3 is 0 Å². The van der Waals surface area contributed by atoms with Crippen molar-refractivity contribution < 1.29 is 39.0 Å². The Morgan fingerprint density at radius 3 is 2.16 bits per heavy atom. The van der Waals surface area contributed by atoms with Crippen LogP contribution in [-0.2, 0) is 14.5 Å². The van der Waals surface area contributed by atoms with Gasteiger partial charge in [0.05, 0.1) is 24.3 Å². The molecule has 4 amide bonds. The fraction of sp³-hybridized carbons (Fsp3) is 0.412. The van der Waals surface area contributed by atoms with Crippen molar-refractivity contribution in [3.05, 3.63) is 54.6 Å². The summed E-state index contributed by atoms with van der Waals surface area (Å²) in [6.07, 6.45) is 0.324. The molecule has 0 unspecified atom stereocenters. The minimum atomic E-state index is -0.990. The van der Waals surface area contributed by atoms with Gasteiger partial charge in [0.15, 0.2) is 0 Å². The van der Waals surface area contributed by atoms with Crippen LogP contribution in [0.25, 0.3) is 0 Å². The van der Waals surface area contributed by atoms with Crippen molar-refractivity contribution in [2.75, 3.05) is 26.3 Å². The average Bonchev–Trinajstić information content (AvgIpc) is 2.93. The number of hydrogen-bond donors (Lipinski definition) is 0. The Bertz CT molecular complexity index is 932. The highest BCUT2D eigenvalue weighted by Crippen LogP contribution is 2.27. The van der Waals surface area contributed by atoms with Gasteiger partial charge in [0.2, 0.25) is 6.41 Å². The number of benzene rings is 1. The first-order chi connectivity index (χ1) is 14.7. The Kier molecular flexibility index (Phi) is 7.54. The van der Waals surface area contributed by atoms with Crippen LogP contribution in [0.5, 0.6) is 0 Å². The summed E-state index contributed by atoms with van der Waals surface area (Å²) in [6.45, 7) is 0.660. The van der Waals surface area contributed by atoms with Crippen molar-refractivity contribution in [2.45, 2.75) is 19.8 Å². The molecular formula is C17H18N4O10. The molecule has 0 spiro atoms. The third-order valence-electron chi connectivity index (χ3n) is 4.40. The molecule has 14 heteroatoms. The highest BCUT2D eigenvalue weighted by Gasteiger charge is 2.36. The lowest BCUT2D eigenvalue weighted by Gasteiger charge is -2.17. The van der Waals surface area contributed by atoms with Gasteiger partial charge in [0.1, 0.15) is 0 Å². The number of nitrogens with zero attached hydrogens (tertiary/aromatic N) is 4. The van der Waals surface area contributed by atoms with Gasteiger partial charge in [0.25, 0.3) is 27.9 Å². The van der Waals surface area contributed by atoms with Crippen LogP contribution in [0.4, 0.5) is 0 Å². The van der Waals surface area contributed by atoms with Crippen LogP contribution in [0.2, 0.25) is 0 Å². The molecule has 0 aliphatic carbocycles. The van der Waals surface area contributed by atoms with Gasteiger partial charge in [-0.15, -0.1) is 20.2 Å². The maximum Gasteiger partial charge on any atom is 0.294 e. The van der Waals surface area contributed by atoms with Gasteiger partial charge in [-0.25, -0.2) is 0 Å². The van der Waals surface area contributed by atoms with Crippen LogP contribution in [0, 0.1) is 27.2 Å². The van der Waals surface area contributed by atoms with Gasteiger partial charge in [-0.05, 0) is 37.5 Å². The van der Waals surface area contributed by atoms with Crippen molar-refractivity contribution >= 4 is 24.1 Å². The minimum absolute atomic E-state index is 0.0146. The lowest BCUT2D eigenvalue weighted by atomic mass is 9.99. The molecule has 1 heterocycles. The Balaban J connectivity index is 2.14. The second-order valence-corrected chi connectivity index (χ2v) is 6.40. The number of carbonyl (C=O) groups excluding carboxylic acids is 4. The van der Waals surface area contributed by atoms with Gasteiger partial charge in [-0.1, -0.05) is 0 Å². The van der Waals surface area contributed by atoms with Gasteiger partial charge in [-0.3, -0.25) is 29.0 Å². The summed E-state index contributed by atoms with van der Waals surface area (Å²) in [5.74, 6) is -2.02. The number of imide groups is 2. The quantitative estimate of drug-likeness (QED) is 0.146. The molecule has 166 valence electrons. The van der Waals surface area contributed by atoms with E-state index in [0.717, 1.165) is 9.80 Å². The van der Waals surface area contributed by atoms with Crippen LogP contribution in [0.3, 0.4) is 0 Å². The van der Waals surface area contributed by atoms with Crippen molar-refractivity contribution in [1.82, 2.24) is 9.80 Å². The van der Waals surface area contributed by atoms with Crippen LogP contribution in [0.15, 0.2) is 12.1 Å². The van der Waals surface area contributed by atoms with E-state index >= 15 is 0 Å². The number of rotatable bonds is 12. The molecule has 0 fully saturated rings. The van der Waals surface area contributed by atoms with E-state index in [2.05, 4.69) is 9.68 Å². The molecule has 0 atom stereocenters. The number of hydrogen-bond acceptors (Lipinski definition) is 10. The number of fused-ring (bicyclic) bond motifs is 1. The summed E-state index contributed by atoms with van der Waals surface area (Å²) >= 11 is 0. The van der Waals surface area contributed by atoms with E-state index in [0.29, 0.717) is 5.56 Å². The zero-order valence-corrected chi connectivity index (χ0v) is 16.3. The molecule has 1 aromatic carbocycles. The highest BCUT2D eigenvalue weighted by atomic mass is 17.0. The zero-order valence-electron chi connectivity index (χ0n) is 16.3. The predicted octanol–water partition coefficient (Wildman–Crippen LogP) is 0.386. The lowest BCUT2D eigenvalue weighted by molar-refractivity contribution is -0.757. The fourth-order valence-corrected chi connectivity index (χ4v) is 2.97. The summed E-state index contributed by atoms with van der Waals surface area (Å²) < 4.78 is 0. The number of amides is 4. The molecule has 2 rings (SSSR count). The molecule has 31 heavy (non-hydrogen) atoms. The first-order valence-corrected chi connectivity index (χ1v) is 8.99. The first-order valence-electron chi connectivity index (χ1n) is 8.99. The van der Waals surface area contributed by atoms with E-state index < -0.39 is 27.9 Å². The molecule has 0 radical (unpaired) electrons. The van der Waals surface area contributed by atoms with Crippen molar-refractivity contribution in [3.8, 4) is 0 Å². The topological polar surface area (TPSA) is 180 Å². The molecule has 0 bridgehead atoms. The maximum absolute atomic E-state index is 12.7. The smallest absolute Gasteiger partial charge is 0.294 e. The summed E-state index contributed by atoms with van der Waals surface area (Å²) in [5.41, 5.74) is 0.403. The SMILES string of the molecule is Cc1cc2c(cc1C(=O)N(C=O)CCCO[N+](=O)[O-])C(=O)N(CCCO[N+](=O)[O-])C2=O. The molecule has 0 N–H and O–H groups in total. The second kappa shape index (κ2) is 10.1. The molecule has 0 saturated heterocycles. The Morgan fingerprint density at radius 2 is 1.61 bits per heavy atom. The lowest BCUT2D eigenvalue weighted by Crippen LogP contribution is -2.32. The first kappa shape index (κ1) is 23.2. The van der Waals surface area contributed by atoms with Crippen molar-refractivity contribution in [2.24, 2.45) is 0 Å². The standard InChI is InChI=1S/C17H18N4O10/c1-11-8-13-14(17(25)19(16(13)24)5-3-7-31-21(28)29)9-12(11)15(23)18(10-22)4-2-6-30-20(26)27/h8-10H,2-7H2,1H3. The summed E-state index contributed by atoms with van der Waals surface area (Å²) in [6, 6.07) is 2.57. The molecular weight excluding hydrogens is 420 g/mol. The summed E-state index contributed by atoms with van der Waals surface area (Å²) in [5, 5.41) is 18.4. The third kappa shape index (κ3) is 5.49. The summed E-state index contributed by atoms with van der Waals surface area (Å²) in [7, 11) is 0. The largest absolute Gasteiger partial charge is 0.314 e. The normalized spacial score (nSPS) is 12.4. The molecule has 1 aliphatic heterocycles. The van der Waals surface area contributed by atoms with E-state index in [-0.39, 0.29) is 62.2 Å². The number of carbonyl (C=O) groups is 4. The maximum atomic E-state index is 12.7. The van der Waals surface area contributed by atoms with Crippen molar-refractivity contribution in [1.29, 1.82) is 0 Å². The van der Waals surface area contributed by atoms with E-state index in [4.69, 9.17) is 0 Å². The minimum Gasteiger partial charge on any atom is -0.314 e. The van der Waals surface area contributed by atoms with E-state index in [9.17, 15) is 39.4 Å². The van der Waals surface area contributed by atoms with Crippen LogP contribution in [0.1, 0.15) is 49.5 Å². The Morgan fingerprint density at radius 1 is 1.06 bits per heavy atom. The van der Waals surface area contributed by atoms with E-state index in [1.165, 1.54) is 19.1 Å². The fourth-order valence-electron chi connectivity index (χ4n) is 2.97.